The van der Waals surface area contributed by atoms with E-state index >= 15 is 0 Å². The molecule has 0 aromatic heterocycles. The number of esters is 1. The number of methoxy groups -OCH3 is 1. The van der Waals surface area contributed by atoms with Crippen LogP contribution in [-0.4, -0.2) is 42.1 Å². The average Bonchev–Trinajstić information content (AvgIpc) is 2.22. The van der Waals surface area contributed by atoms with Gasteiger partial charge in [0, 0.05) is 0 Å². The van der Waals surface area contributed by atoms with Gasteiger partial charge in [-0.1, -0.05) is 13.8 Å². The van der Waals surface area contributed by atoms with Gasteiger partial charge in [-0.25, -0.2) is 4.79 Å². The summed E-state index contributed by atoms with van der Waals surface area (Å²) in [6.07, 6.45) is -0.488. The van der Waals surface area contributed by atoms with Crippen LogP contribution in [-0.2, 0) is 19.1 Å². The van der Waals surface area contributed by atoms with Crippen molar-refractivity contribution in [1.29, 1.82) is 0 Å². The predicted molar refractivity (Wildman–Crippen MR) is 59.0 cm³/mol. The number of hydrogen-bond donors (Lipinski definition) is 3. The molecule has 98 valence electrons. The first kappa shape index (κ1) is 15.4. The molecule has 7 nitrogen and oxygen atoms in total. The second kappa shape index (κ2) is 6.85. The number of carbonyl (C=O) groups is 3. The zero-order chi connectivity index (χ0) is 13.6. The second-order valence-electron chi connectivity index (χ2n) is 3.96. The predicted octanol–water partition coefficient (Wildman–Crippen LogP) is -0.898. The highest BCUT2D eigenvalue weighted by Crippen LogP contribution is 2.04. The molecule has 0 aromatic rings. The highest BCUT2D eigenvalue weighted by atomic mass is 16.5. The van der Waals surface area contributed by atoms with Crippen LogP contribution in [0, 0.1) is 5.92 Å². The van der Waals surface area contributed by atoms with Crippen molar-refractivity contribution >= 4 is 17.8 Å². The first-order valence-corrected chi connectivity index (χ1v) is 5.15. The Hall–Kier alpha value is -1.63. The normalized spacial score (nSPS) is 13.9. The van der Waals surface area contributed by atoms with Crippen molar-refractivity contribution in [2.75, 3.05) is 7.11 Å². The largest absolute Gasteiger partial charge is 0.481 e. The van der Waals surface area contributed by atoms with Crippen molar-refractivity contribution in [3.05, 3.63) is 0 Å². The third kappa shape index (κ3) is 5.30. The van der Waals surface area contributed by atoms with Gasteiger partial charge in [0.2, 0.25) is 5.91 Å². The van der Waals surface area contributed by atoms with E-state index in [-0.39, 0.29) is 5.92 Å². The van der Waals surface area contributed by atoms with Crippen LogP contribution in [0.4, 0.5) is 0 Å². The molecule has 4 N–H and O–H groups in total. The number of amides is 1. The fourth-order valence-corrected chi connectivity index (χ4v) is 1.17. The highest BCUT2D eigenvalue weighted by molar-refractivity contribution is 5.89. The van der Waals surface area contributed by atoms with Gasteiger partial charge in [0.25, 0.3) is 0 Å². The molecule has 2 atom stereocenters. The summed E-state index contributed by atoms with van der Waals surface area (Å²) in [5.74, 6) is -2.62. The summed E-state index contributed by atoms with van der Waals surface area (Å²) >= 11 is 0. The number of rotatable bonds is 6. The van der Waals surface area contributed by atoms with Crippen molar-refractivity contribution in [2.45, 2.75) is 32.4 Å². The molecular weight excluding hydrogens is 228 g/mol. The number of carboxylic acids is 1. The van der Waals surface area contributed by atoms with Crippen LogP contribution in [0.3, 0.4) is 0 Å². The van der Waals surface area contributed by atoms with Crippen LogP contribution >= 0.6 is 0 Å². The average molecular weight is 246 g/mol. The summed E-state index contributed by atoms with van der Waals surface area (Å²) in [7, 11) is 1.21. The maximum atomic E-state index is 11.5. The number of nitrogens with one attached hydrogen (secondary N) is 1. The third-order valence-corrected chi connectivity index (χ3v) is 2.15. The standard InChI is InChI=1S/C10H18N2O5/c1-5(2)8(10(16)17-3)12-9(15)6(11)4-7(13)14/h5-6,8H,4,11H2,1-3H3,(H,12,15)(H,13,14)/t6-,8-/m0/s1. The van der Waals surface area contributed by atoms with E-state index in [4.69, 9.17) is 10.8 Å². The van der Waals surface area contributed by atoms with Gasteiger partial charge in [0.05, 0.1) is 19.6 Å². The Kier molecular flexibility index (Phi) is 6.19. The lowest BCUT2D eigenvalue weighted by atomic mass is 10.0. The molecule has 0 saturated heterocycles. The SMILES string of the molecule is COC(=O)[C@@H](NC(=O)[C@@H](N)CC(=O)O)C(C)C. The number of ether oxygens (including phenoxy) is 1. The Morgan fingerprint density at radius 3 is 2.24 bits per heavy atom. The maximum absolute atomic E-state index is 11.5. The quantitative estimate of drug-likeness (QED) is 0.523. The Balaban J connectivity index is 4.50. The Morgan fingerprint density at radius 2 is 1.88 bits per heavy atom. The summed E-state index contributed by atoms with van der Waals surface area (Å²) < 4.78 is 4.52. The van der Waals surface area contributed by atoms with Crippen molar-refractivity contribution in [3.8, 4) is 0 Å². The summed E-state index contributed by atoms with van der Waals surface area (Å²) in [4.78, 5) is 33.2. The molecule has 0 spiro atoms. The van der Waals surface area contributed by atoms with Gasteiger partial charge in [0.1, 0.15) is 6.04 Å². The van der Waals surface area contributed by atoms with Crippen molar-refractivity contribution in [1.82, 2.24) is 5.32 Å². The molecule has 0 aliphatic carbocycles. The fourth-order valence-electron chi connectivity index (χ4n) is 1.17. The van der Waals surface area contributed by atoms with Gasteiger partial charge in [-0.2, -0.15) is 0 Å². The summed E-state index contributed by atoms with van der Waals surface area (Å²) in [5, 5.41) is 10.9. The lowest BCUT2D eigenvalue weighted by Gasteiger charge is -2.21. The number of hydrogen-bond acceptors (Lipinski definition) is 5. The van der Waals surface area contributed by atoms with Gasteiger partial charge < -0.3 is 20.9 Å². The first-order chi connectivity index (χ1) is 7.79. The molecule has 17 heavy (non-hydrogen) atoms. The number of aliphatic carboxylic acids is 1. The molecule has 0 heterocycles. The molecule has 0 fully saturated rings. The fraction of sp³-hybridized carbons (Fsp3) is 0.700. The summed E-state index contributed by atoms with van der Waals surface area (Å²) in [6, 6.07) is -2.01. The topological polar surface area (TPSA) is 119 Å². The maximum Gasteiger partial charge on any atom is 0.328 e. The molecule has 0 aliphatic heterocycles. The third-order valence-electron chi connectivity index (χ3n) is 2.15. The lowest BCUT2D eigenvalue weighted by Crippen LogP contribution is -2.51. The van der Waals surface area contributed by atoms with E-state index in [2.05, 4.69) is 10.1 Å². The van der Waals surface area contributed by atoms with E-state index in [9.17, 15) is 14.4 Å². The van der Waals surface area contributed by atoms with Crippen molar-refractivity contribution in [2.24, 2.45) is 11.7 Å². The number of carbonyl (C=O) groups excluding carboxylic acids is 2. The van der Waals surface area contributed by atoms with Gasteiger partial charge in [-0.15, -0.1) is 0 Å². The monoisotopic (exact) mass is 246 g/mol. The molecule has 0 saturated carbocycles. The molecule has 0 radical (unpaired) electrons. The van der Waals surface area contributed by atoms with Crippen molar-refractivity contribution in [3.63, 3.8) is 0 Å². The van der Waals surface area contributed by atoms with E-state index in [1.807, 2.05) is 0 Å². The zero-order valence-corrected chi connectivity index (χ0v) is 10.1. The molecular formula is C10H18N2O5. The van der Waals surface area contributed by atoms with E-state index in [1.54, 1.807) is 13.8 Å². The summed E-state index contributed by atoms with van der Waals surface area (Å²) in [5.41, 5.74) is 5.36. The first-order valence-electron chi connectivity index (χ1n) is 5.15. The van der Waals surface area contributed by atoms with Crippen LogP contribution in [0.15, 0.2) is 0 Å². The van der Waals surface area contributed by atoms with Gasteiger partial charge in [-0.05, 0) is 5.92 Å². The van der Waals surface area contributed by atoms with Crippen LogP contribution in [0.2, 0.25) is 0 Å². The van der Waals surface area contributed by atoms with Crippen LogP contribution in [0.25, 0.3) is 0 Å². The van der Waals surface area contributed by atoms with E-state index in [1.165, 1.54) is 7.11 Å². The second-order valence-corrected chi connectivity index (χ2v) is 3.96. The van der Waals surface area contributed by atoms with Crippen LogP contribution in [0.5, 0.6) is 0 Å². The number of nitrogens with two attached hydrogens (primary N) is 1. The molecule has 1 amide bonds. The summed E-state index contributed by atoms with van der Waals surface area (Å²) in [6.45, 7) is 3.45. The minimum Gasteiger partial charge on any atom is -0.481 e. The molecule has 0 unspecified atom stereocenters. The lowest BCUT2D eigenvalue weighted by molar-refractivity contribution is -0.146. The molecule has 0 aromatic carbocycles. The Labute approximate surface area is 99.3 Å². The number of carboxylic acid groups (broad SMARTS) is 1. The van der Waals surface area contributed by atoms with E-state index in [0.717, 1.165) is 0 Å². The Morgan fingerprint density at radius 1 is 1.35 bits per heavy atom. The Bertz CT molecular complexity index is 303. The smallest absolute Gasteiger partial charge is 0.328 e. The van der Waals surface area contributed by atoms with Crippen molar-refractivity contribution < 1.29 is 24.2 Å². The van der Waals surface area contributed by atoms with Gasteiger partial charge in [0.15, 0.2) is 0 Å². The molecule has 7 heteroatoms. The van der Waals surface area contributed by atoms with Gasteiger partial charge in [-0.3, -0.25) is 9.59 Å². The highest BCUT2D eigenvalue weighted by Gasteiger charge is 2.27. The van der Waals surface area contributed by atoms with E-state index in [0.29, 0.717) is 0 Å². The zero-order valence-electron chi connectivity index (χ0n) is 10.1. The minimum atomic E-state index is -1.18. The molecule has 0 aliphatic rings. The van der Waals surface area contributed by atoms with Crippen LogP contribution in [0.1, 0.15) is 20.3 Å². The van der Waals surface area contributed by atoms with Gasteiger partial charge >= 0.3 is 11.9 Å². The van der Waals surface area contributed by atoms with E-state index < -0.39 is 36.4 Å². The minimum absolute atomic E-state index is 0.177. The van der Waals surface area contributed by atoms with Crippen LogP contribution < -0.4 is 11.1 Å². The molecule has 0 rings (SSSR count). The molecule has 0 bridgehead atoms.